The van der Waals surface area contributed by atoms with Gasteiger partial charge in [0.15, 0.2) is 0 Å². The third-order valence-electron chi connectivity index (χ3n) is 6.60. The van der Waals surface area contributed by atoms with Gasteiger partial charge in [-0.15, -0.1) is 11.3 Å². The van der Waals surface area contributed by atoms with Gasteiger partial charge < -0.3 is 10.2 Å². The fraction of sp³-hybridized carbons (Fsp3) is 0.542. The Morgan fingerprint density at radius 2 is 1.97 bits per heavy atom. The average molecular weight is 426 g/mol. The first kappa shape index (κ1) is 21.0. The molecular formula is C24H31N3O2S. The summed E-state index contributed by atoms with van der Waals surface area (Å²) in [6, 6.07) is 5.79. The van der Waals surface area contributed by atoms with E-state index in [1.807, 2.05) is 11.0 Å². The molecule has 1 aliphatic carbocycles. The number of aromatic nitrogens is 1. The molecule has 4 rings (SSSR count). The SMILES string of the molecule is CC(C)(C)[C@H]1CCc2sc(C(=O)N3CCC(C(=O)Nc4cccnc4)CC3)cc2C1. The van der Waals surface area contributed by atoms with Crippen LogP contribution < -0.4 is 5.32 Å². The van der Waals surface area contributed by atoms with Crippen LogP contribution in [0.3, 0.4) is 0 Å². The zero-order valence-electron chi connectivity index (χ0n) is 18.1. The minimum absolute atomic E-state index is 0.0231. The van der Waals surface area contributed by atoms with Gasteiger partial charge in [-0.25, -0.2) is 0 Å². The van der Waals surface area contributed by atoms with E-state index in [2.05, 4.69) is 37.1 Å². The van der Waals surface area contributed by atoms with Gasteiger partial charge in [0.05, 0.1) is 16.8 Å². The molecule has 6 heteroatoms. The van der Waals surface area contributed by atoms with Gasteiger partial charge in [-0.3, -0.25) is 14.6 Å². The first-order valence-corrected chi connectivity index (χ1v) is 11.7. The van der Waals surface area contributed by atoms with E-state index in [9.17, 15) is 9.59 Å². The second-order valence-electron chi connectivity index (χ2n) is 9.66. The molecule has 1 saturated heterocycles. The smallest absolute Gasteiger partial charge is 0.263 e. The van der Waals surface area contributed by atoms with Crippen LogP contribution in [0.2, 0.25) is 0 Å². The summed E-state index contributed by atoms with van der Waals surface area (Å²) in [6.45, 7) is 8.22. The van der Waals surface area contributed by atoms with Gasteiger partial charge in [0.25, 0.3) is 5.91 Å². The molecule has 1 aliphatic heterocycles. The van der Waals surface area contributed by atoms with Crippen molar-refractivity contribution in [1.82, 2.24) is 9.88 Å². The molecule has 5 nitrogen and oxygen atoms in total. The fourth-order valence-corrected chi connectivity index (χ4v) is 5.73. The molecule has 0 spiro atoms. The number of hydrogen-bond acceptors (Lipinski definition) is 4. The predicted molar refractivity (Wildman–Crippen MR) is 121 cm³/mol. The monoisotopic (exact) mass is 425 g/mol. The second-order valence-corrected chi connectivity index (χ2v) is 10.8. The zero-order chi connectivity index (χ0) is 21.3. The Bertz CT molecular complexity index is 908. The maximum atomic E-state index is 13.1. The van der Waals surface area contributed by atoms with E-state index in [4.69, 9.17) is 0 Å². The lowest BCUT2D eigenvalue weighted by Crippen LogP contribution is -2.41. The summed E-state index contributed by atoms with van der Waals surface area (Å²) in [7, 11) is 0. The van der Waals surface area contributed by atoms with Crippen LogP contribution in [0.15, 0.2) is 30.6 Å². The lowest BCUT2D eigenvalue weighted by atomic mass is 9.72. The average Bonchev–Trinajstić information content (AvgIpc) is 3.17. The summed E-state index contributed by atoms with van der Waals surface area (Å²) in [5, 5.41) is 2.93. The van der Waals surface area contributed by atoms with Crippen LogP contribution in [-0.2, 0) is 17.6 Å². The maximum absolute atomic E-state index is 13.1. The van der Waals surface area contributed by atoms with E-state index < -0.39 is 0 Å². The van der Waals surface area contributed by atoms with Crippen molar-refractivity contribution in [2.24, 2.45) is 17.3 Å². The fourth-order valence-electron chi connectivity index (χ4n) is 4.55. The van der Waals surface area contributed by atoms with Gasteiger partial charge in [-0.2, -0.15) is 0 Å². The summed E-state index contributed by atoms with van der Waals surface area (Å²) in [6.07, 6.45) is 8.13. The number of carbonyl (C=O) groups is 2. The quantitative estimate of drug-likeness (QED) is 0.769. The summed E-state index contributed by atoms with van der Waals surface area (Å²) >= 11 is 1.68. The van der Waals surface area contributed by atoms with E-state index in [0.29, 0.717) is 37.3 Å². The topological polar surface area (TPSA) is 62.3 Å². The van der Waals surface area contributed by atoms with E-state index in [1.54, 1.807) is 29.8 Å². The number of aryl methyl sites for hydroxylation is 1. The van der Waals surface area contributed by atoms with Crippen molar-refractivity contribution in [3.05, 3.63) is 45.9 Å². The Morgan fingerprint density at radius 1 is 1.20 bits per heavy atom. The molecule has 3 heterocycles. The Kier molecular flexibility index (Phi) is 5.96. The second kappa shape index (κ2) is 8.50. The van der Waals surface area contributed by atoms with Crippen LogP contribution in [0, 0.1) is 17.3 Å². The van der Waals surface area contributed by atoms with Crippen LogP contribution in [0.4, 0.5) is 5.69 Å². The summed E-state index contributed by atoms with van der Waals surface area (Å²) in [4.78, 5) is 33.8. The van der Waals surface area contributed by atoms with Gasteiger partial charge in [0.1, 0.15) is 0 Å². The maximum Gasteiger partial charge on any atom is 0.263 e. The third-order valence-corrected chi connectivity index (χ3v) is 7.83. The molecule has 1 N–H and O–H groups in total. The minimum Gasteiger partial charge on any atom is -0.338 e. The lowest BCUT2D eigenvalue weighted by molar-refractivity contribution is -0.121. The van der Waals surface area contributed by atoms with Gasteiger partial charge in [0, 0.05) is 30.1 Å². The lowest BCUT2D eigenvalue weighted by Gasteiger charge is -2.33. The van der Waals surface area contributed by atoms with Crippen LogP contribution in [-0.4, -0.2) is 34.8 Å². The van der Waals surface area contributed by atoms with Crippen LogP contribution in [0.25, 0.3) is 0 Å². The highest BCUT2D eigenvalue weighted by molar-refractivity contribution is 7.14. The number of piperidine rings is 1. The Morgan fingerprint density at radius 3 is 2.63 bits per heavy atom. The van der Waals surface area contributed by atoms with Crippen molar-refractivity contribution in [1.29, 1.82) is 0 Å². The highest BCUT2D eigenvalue weighted by atomic mass is 32.1. The van der Waals surface area contributed by atoms with E-state index >= 15 is 0 Å². The van der Waals surface area contributed by atoms with Crippen LogP contribution >= 0.6 is 11.3 Å². The molecule has 30 heavy (non-hydrogen) atoms. The number of nitrogens with one attached hydrogen (secondary N) is 1. The van der Waals surface area contributed by atoms with Gasteiger partial charge in [0.2, 0.25) is 5.91 Å². The van der Waals surface area contributed by atoms with Crippen molar-refractivity contribution < 1.29 is 9.59 Å². The first-order chi connectivity index (χ1) is 14.3. The molecule has 0 radical (unpaired) electrons. The highest BCUT2D eigenvalue weighted by Crippen LogP contribution is 2.40. The molecule has 2 amide bonds. The molecule has 0 unspecified atom stereocenters. The number of nitrogens with zero attached hydrogens (tertiary/aromatic N) is 2. The van der Waals surface area contributed by atoms with Gasteiger partial charge >= 0.3 is 0 Å². The number of rotatable bonds is 3. The molecule has 160 valence electrons. The number of thiophene rings is 1. The minimum atomic E-state index is -0.0571. The number of amides is 2. The van der Waals surface area contributed by atoms with Crippen molar-refractivity contribution in [3.63, 3.8) is 0 Å². The molecule has 1 atom stereocenters. The number of fused-ring (bicyclic) bond motifs is 1. The van der Waals surface area contributed by atoms with Gasteiger partial charge in [-0.05, 0) is 67.2 Å². The molecule has 0 saturated carbocycles. The summed E-state index contributed by atoms with van der Waals surface area (Å²) in [5.41, 5.74) is 2.40. The van der Waals surface area contributed by atoms with Crippen LogP contribution in [0.5, 0.6) is 0 Å². The molecule has 1 fully saturated rings. The largest absolute Gasteiger partial charge is 0.338 e. The highest BCUT2D eigenvalue weighted by Gasteiger charge is 2.32. The zero-order valence-corrected chi connectivity index (χ0v) is 18.9. The van der Waals surface area contributed by atoms with Crippen molar-refractivity contribution in [2.45, 2.75) is 52.9 Å². The number of pyridine rings is 1. The number of likely N-dealkylation sites (tertiary alicyclic amines) is 1. The van der Waals surface area contributed by atoms with Gasteiger partial charge in [-0.1, -0.05) is 20.8 Å². The van der Waals surface area contributed by atoms with Crippen molar-refractivity contribution in [3.8, 4) is 0 Å². The van der Waals surface area contributed by atoms with E-state index in [1.165, 1.54) is 16.9 Å². The van der Waals surface area contributed by atoms with Crippen molar-refractivity contribution >= 4 is 28.8 Å². The molecule has 2 aromatic rings. The van der Waals surface area contributed by atoms with Crippen LogP contribution in [0.1, 0.15) is 60.1 Å². The number of hydrogen-bond donors (Lipinski definition) is 1. The standard InChI is InChI=1S/C24H31N3O2S/c1-24(2,3)18-6-7-20-17(13-18)14-21(30-20)23(29)27-11-8-16(9-12-27)22(28)26-19-5-4-10-25-15-19/h4-5,10,14-16,18H,6-9,11-13H2,1-3H3,(H,26,28)/t18-/m0/s1. The Balaban J connectivity index is 1.34. The summed E-state index contributed by atoms with van der Waals surface area (Å²) < 4.78 is 0. The molecule has 0 bridgehead atoms. The molecule has 2 aromatic heterocycles. The van der Waals surface area contributed by atoms with E-state index in [0.717, 1.165) is 23.4 Å². The predicted octanol–water partition coefficient (Wildman–Crippen LogP) is 4.79. The normalized spacial score (nSPS) is 20.0. The van der Waals surface area contributed by atoms with E-state index in [-0.39, 0.29) is 17.7 Å². The Hall–Kier alpha value is -2.21. The molecular weight excluding hydrogens is 394 g/mol. The Labute approximate surface area is 182 Å². The number of carbonyl (C=O) groups excluding carboxylic acids is 2. The molecule has 2 aliphatic rings. The first-order valence-electron chi connectivity index (χ1n) is 10.9. The van der Waals surface area contributed by atoms with Crippen molar-refractivity contribution in [2.75, 3.05) is 18.4 Å². The molecule has 0 aromatic carbocycles. The third kappa shape index (κ3) is 4.59. The summed E-state index contributed by atoms with van der Waals surface area (Å²) in [5.74, 6) is 0.776. The number of anilines is 1.